The van der Waals surface area contributed by atoms with E-state index in [0.29, 0.717) is 16.1 Å². The third-order valence-corrected chi connectivity index (χ3v) is 2.83. The van der Waals surface area contributed by atoms with Crippen LogP contribution in [0.5, 0.6) is 0 Å². The SMILES string of the molecule is CCCNc1cc([N+](=O)[O-])cc(SC(C)C)n1. The van der Waals surface area contributed by atoms with E-state index in [4.69, 9.17) is 0 Å². The highest BCUT2D eigenvalue weighted by atomic mass is 32.2. The second-order valence-corrected chi connectivity index (χ2v) is 5.50. The number of nitro groups is 1. The zero-order valence-electron chi connectivity index (χ0n) is 10.3. The summed E-state index contributed by atoms with van der Waals surface area (Å²) in [5.41, 5.74) is 0.0850. The highest BCUT2D eigenvalue weighted by molar-refractivity contribution is 7.99. The van der Waals surface area contributed by atoms with Crippen LogP contribution in [0, 0.1) is 10.1 Å². The van der Waals surface area contributed by atoms with Crippen molar-refractivity contribution in [2.45, 2.75) is 37.5 Å². The van der Waals surface area contributed by atoms with Gasteiger partial charge in [-0.05, 0) is 6.42 Å². The van der Waals surface area contributed by atoms with Gasteiger partial charge in [-0.15, -0.1) is 11.8 Å². The highest BCUT2D eigenvalue weighted by Gasteiger charge is 2.12. The van der Waals surface area contributed by atoms with Crippen molar-refractivity contribution in [1.82, 2.24) is 4.98 Å². The zero-order chi connectivity index (χ0) is 12.8. The second kappa shape index (κ2) is 6.44. The van der Waals surface area contributed by atoms with Crippen molar-refractivity contribution in [1.29, 1.82) is 0 Å². The highest BCUT2D eigenvalue weighted by Crippen LogP contribution is 2.27. The molecule has 5 nitrogen and oxygen atoms in total. The Morgan fingerprint density at radius 2 is 2.24 bits per heavy atom. The molecule has 1 rings (SSSR count). The zero-order valence-corrected chi connectivity index (χ0v) is 11.1. The maximum atomic E-state index is 10.8. The lowest BCUT2D eigenvalue weighted by molar-refractivity contribution is -0.385. The van der Waals surface area contributed by atoms with Gasteiger partial charge in [-0.1, -0.05) is 20.8 Å². The molecule has 0 aromatic carbocycles. The number of nitrogens with zero attached hydrogens (tertiary/aromatic N) is 2. The number of aromatic nitrogens is 1. The van der Waals surface area contributed by atoms with Crippen LogP contribution in [0.1, 0.15) is 27.2 Å². The lowest BCUT2D eigenvalue weighted by Gasteiger charge is -2.08. The molecular formula is C11H17N3O2S. The number of nitrogens with one attached hydrogen (secondary N) is 1. The minimum absolute atomic E-state index is 0.0850. The van der Waals surface area contributed by atoms with Crippen LogP contribution in [0.3, 0.4) is 0 Å². The summed E-state index contributed by atoms with van der Waals surface area (Å²) in [5.74, 6) is 0.573. The maximum absolute atomic E-state index is 10.8. The van der Waals surface area contributed by atoms with Crippen LogP contribution in [0.25, 0.3) is 0 Å². The van der Waals surface area contributed by atoms with Crippen LogP contribution in [-0.4, -0.2) is 21.7 Å². The second-order valence-electron chi connectivity index (χ2n) is 3.90. The molecule has 0 atom stereocenters. The van der Waals surface area contributed by atoms with Crippen LogP contribution >= 0.6 is 11.8 Å². The van der Waals surface area contributed by atoms with E-state index in [2.05, 4.69) is 10.3 Å². The molecule has 0 saturated heterocycles. The van der Waals surface area contributed by atoms with E-state index in [9.17, 15) is 10.1 Å². The lowest BCUT2D eigenvalue weighted by Crippen LogP contribution is -2.04. The Hall–Kier alpha value is -1.30. The monoisotopic (exact) mass is 255 g/mol. The number of anilines is 1. The quantitative estimate of drug-likeness (QED) is 0.480. The molecule has 0 unspecified atom stereocenters. The molecule has 0 aliphatic rings. The molecular weight excluding hydrogens is 238 g/mol. The van der Waals surface area contributed by atoms with Crippen molar-refractivity contribution in [3.05, 3.63) is 22.2 Å². The van der Waals surface area contributed by atoms with Gasteiger partial charge in [0.1, 0.15) is 10.8 Å². The summed E-state index contributed by atoms with van der Waals surface area (Å²) in [6, 6.07) is 2.99. The van der Waals surface area contributed by atoms with Crippen LogP contribution in [-0.2, 0) is 0 Å². The van der Waals surface area contributed by atoms with Crippen molar-refractivity contribution in [3.8, 4) is 0 Å². The summed E-state index contributed by atoms with van der Waals surface area (Å²) in [6.45, 7) is 6.86. The minimum atomic E-state index is -0.386. The van der Waals surface area contributed by atoms with Crippen LogP contribution < -0.4 is 5.32 Å². The molecule has 0 spiro atoms. The van der Waals surface area contributed by atoms with E-state index in [1.165, 1.54) is 23.9 Å². The van der Waals surface area contributed by atoms with E-state index >= 15 is 0 Å². The van der Waals surface area contributed by atoms with E-state index in [1.807, 2.05) is 20.8 Å². The van der Waals surface area contributed by atoms with Crippen LogP contribution in [0.15, 0.2) is 17.2 Å². The first-order chi connectivity index (χ1) is 8.02. The molecule has 0 bridgehead atoms. The van der Waals surface area contributed by atoms with Crippen molar-refractivity contribution >= 4 is 23.3 Å². The fraction of sp³-hybridized carbons (Fsp3) is 0.545. The number of hydrogen-bond donors (Lipinski definition) is 1. The average Bonchev–Trinajstić information content (AvgIpc) is 2.25. The normalized spacial score (nSPS) is 10.6. The fourth-order valence-electron chi connectivity index (χ4n) is 1.24. The Morgan fingerprint density at radius 1 is 1.53 bits per heavy atom. The molecule has 1 N–H and O–H groups in total. The first-order valence-electron chi connectivity index (χ1n) is 5.60. The first-order valence-corrected chi connectivity index (χ1v) is 6.48. The van der Waals surface area contributed by atoms with Gasteiger partial charge >= 0.3 is 0 Å². The molecule has 94 valence electrons. The molecule has 0 aliphatic heterocycles. The van der Waals surface area contributed by atoms with Gasteiger partial charge in [-0.2, -0.15) is 0 Å². The third-order valence-electron chi connectivity index (χ3n) is 1.91. The standard InChI is InChI=1S/C11H17N3O2S/c1-4-5-12-10-6-9(14(15)16)7-11(13-10)17-8(2)3/h6-8H,4-5H2,1-3H3,(H,12,13). The van der Waals surface area contributed by atoms with Crippen molar-refractivity contribution in [2.24, 2.45) is 0 Å². The van der Waals surface area contributed by atoms with E-state index in [0.717, 1.165) is 13.0 Å². The minimum Gasteiger partial charge on any atom is -0.370 e. The van der Waals surface area contributed by atoms with Crippen LogP contribution in [0.2, 0.25) is 0 Å². The fourth-order valence-corrected chi connectivity index (χ4v) is 2.07. The van der Waals surface area contributed by atoms with Crippen molar-refractivity contribution in [2.75, 3.05) is 11.9 Å². The first kappa shape index (κ1) is 13.8. The molecule has 0 saturated carbocycles. The Labute approximate surface area is 105 Å². The largest absolute Gasteiger partial charge is 0.370 e. The number of rotatable bonds is 6. The van der Waals surface area contributed by atoms with Gasteiger partial charge in [-0.25, -0.2) is 4.98 Å². The van der Waals surface area contributed by atoms with Crippen molar-refractivity contribution in [3.63, 3.8) is 0 Å². The number of pyridine rings is 1. The summed E-state index contributed by atoms with van der Waals surface area (Å²) in [6.07, 6.45) is 0.955. The smallest absolute Gasteiger partial charge is 0.275 e. The predicted octanol–water partition coefficient (Wildman–Crippen LogP) is 3.31. The molecule has 17 heavy (non-hydrogen) atoms. The lowest BCUT2D eigenvalue weighted by atomic mass is 10.4. The van der Waals surface area contributed by atoms with Gasteiger partial charge < -0.3 is 5.32 Å². The van der Waals surface area contributed by atoms with Gasteiger partial charge in [0.05, 0.1) is 11.0 Å². The van der Waals surface area contributed by atoms with E-state index in [-0.39, 0.29) is 10.6 Å². The molecule has 1 aromatic heterocycles. The van der Waals surface area contributed by atoms with Gasteiger partial charge in [0.2, 0.25) is 0 Å². The molecule has 1 aromatic rings. The van der Waals surface area contributed by atoms with Gasteiger partial charge in [-0.3, -0.25) is 10.1 Å². The topological polar surface area (TPSA) is 68.1 Å². The molecule has 0 amide bonds. The Balaban J connectivity index is 2.96. The summed E-state index contributed by atoms with van der Waals surface area (Å²) in [7, 11) is 0. The molecule has 6 heteroatoms. The Bertz CT molecular complexity index is 396. The predicted molar refractivity (Wildman–Crippen MR) is 70.7 cm³/mol. The summed E-state index contributed by atoms with van der Waals surface area (Å²) in [4.78, 5) is 14.8. The molecule has 0 aliphatic carbocycles. The molecule has 1 heterocycles. The molecule has 0 fully saturated rings. The van der Waals surface area contributed by atoms with Gasteiger partial charge in [0, 0.05) is 17.9 Å². The average molecular weight is 255 g/mol. The Morgan fingerprint density at radius 3 is 2.76 bits per heavy atom. The molecule has 0 radical (unpaired) electrons. The summed E-state index contributed by atoms with van der Waals surface area (Å²) >= 11 is 1.52. The van der Waals surface area contributed by atoms with E-state index < -0.39 is 0 Å². The summed E-state index contributed by atoms with van der Waals surface area (Å²) < 4.78 is 0. The Kier molecular flexibility index (Phi) is 5.21. The van der Waals surface area contributed by atoms with Crippen molar-refractivity contribution < 1.29 is 4.92 Å². The maximum Gasteiger partial charge on any atom is 0.275 e. The number of thioether (sulfide) groups is 1. The third kappa shape index (κ3) is 4.60. The van der Waals surface area contributed by atoms with Crippen LogP contribution in [0.4, 0.5) is 11.5 Å². The van der Waals surface area contributed by atoms with Gasteiger partial charge in [0.25, 0.3) is 5.69 Å². The van der Waals surface area contributed by atoms with Gasteiger partial charge in [0.15, 0.2) is 0 Å². The van der Waals surface area contributed by atoms with E-state index in [1.54, 1.807) is 0 Å². The summed E-state index contributed by atoms with van der Waals surface area (Å²) in [5, 5.41) is 14.9. The number of hydrogen-bond acceptors (Lipinski definition) is 5.